The van der Waals surface area contributed by atoms with Crippen molar-refractivity contribution in [3.05, 3.63) is 46.2 Å². The van der Waals surface area contributed by atoms with Crippen LogP contribution in [-0.4, -0.2) is 25.7 Å². The molecule has 4 N–H and O–H groups in total. The van der Waals surface area contributed by atoms with E-state index in [9.17, 15) is 13.2 Å². The van der Waals surface area contributed by atoms with Crippen molar-refractivity contribution in [3.8, 4) is 0 Å². The molecular formula is C13H15N3O3S2. The zero-order valence-corrected chi connectivity index (χ0v) is 12.9. The van der Waals surface area contributed by atoms with Gasteiger partial charge in [-0.1, -0.05) is 0 Å². The van der Waals surface area contributed by atoms with Crippen LogP contribution in [0.2, 0.25) is 0 Å². The van der Waals surface area contributed by atoms with Crippen LogP contribution in [0.1, 0.15) is 15.9 Å². The summed E-state index contributed by atoms with van der Waals surface area (Å²) in [4.78, 5) is 11.0. The van der Waals surface area contributed by atoms with Crippen molar-refractivity contribution in [2.75, 3.05) is 12.8 Å². The molecule has 1 heterocycles. The molecule has 112 valence electrons. The van der Waals surface area contributed by atoms with Crippen molar-refractivity contribution in [2.45, 2.75) is 11.4 Å². The fourth-order valence-corrected chi connectivity index (χ4v) is 3.74. The average Bonchev–Trinajstić information content (AvgIpc) is 2.90. The Labute approximate surface area is 127 Å². The first-order valence-electron chi connectivity index (χ1n) is 5.99. The molecule has 1 amide bonds. The van der Waals surface area contributed by atoms with Gasteiger partial charge in [0.05, 0.1) is 5.69 Å². The molecule has 0 aliphatic carbocycles. The maximum absolute atomic E-state index is 12.5. The van der Waals surface area contributed by atoms with Crippen LogP contribution >= 0.6 is 11.3 Å². The summed E-state index contributed by atoms with van der Waals surface area (Å²) in [5.74, 6) is -0.655. The summed E-state index contributed by atoms with van der Waals surface area (Å²) >= 11 is 1.50. The van der Waals surface area contributed by atoms with Crippen molar-refractivity contribution in [2.24, 2.45) is 5.73 Å². The lowest BCUT2D eigenvalue weighted by Gasteiger charge is -2.18. The second kappa shape index (κ2) is 5.84. The molecule has 6 nitrogen and oxygen atoms in total. The van der Waals surface area contributed by atoms with E-state index in [1.165, 1.54) is 40.9 Å². The Morgan fingerprint density at radius 3 is 2.57 bits per heavy atom. The Morgan fingerprint density at radius 2 is 2.05 bits per heavy atom. The van der Waals surface area contributed by atoms with Gasteiger partial charge in [0.1, 0.15) is 4.90 Å². The minimum Gasteiger partial charge on any atom is -0.398 e. The minimum absolute atomic E-state index is 0.00321. The average molecular weight is 325 g/mol. The van der Waals surface area contributed by atoms with E-state index in [-0.39, 0.29) is 22.7 Å². The molecular weight excluding hydrogens is 310 g/mol. The van der Waals surface area contributed by atoms with Gasteiger partial charge in [-0.15, -0.1) is 0 Å². The van der Waals surface area contributed by atoms with Crippen LogP contribution in [0.3, 0.4) is 0 Å². The lowest BCUT2D eigenvalue weighted by atomic mass is 10.2. The molecule has 2 rings (SSSR count). The van der Waals surface area contributed by atoms with Crippen LogP contribution in [0.25, 0.3) is 0 Å². The van der Waals surface area contributed by atoms with Crippen molar-refractivity contribution in [3.63, 3.8) is 0 Å². The van der Waals surface area contributed by atoms with Crippen molar-refractivity contribution < 1.29 is 13.2 Å². The molecule has 0 radical (unpaired) electrons. The van der Waals surface area contributed by atoms with Crippen molar-refractivity contribution >= 4 is 33.0 Å². The molecule has 1 aromatic carbocycles. The Hall–Kier alpha value is -1.90. The highest BCUT2D eigenvalue weighted by atomic mass is 32.2. The molecule has 0 unspecified atom stereocenters. The van der Waals surface area contributed by atoms with E-state index < -0.39 is 15.9 Å². The minimum atomic E-state index is -3.73. The summed E-state index contributed by atoms with van der Waals surface area (Å²) in [5, 5.41) is 3.76. The van der Waals surface area contributed by atoms with Gasteiger partial charge in [0, 0.05) is 19.2 Å². The number of rotatable bonds is 5. The van der Waals surface area contributed by atoms with Gasteiger partial charge >= 0.3 is 0 Å². The summed E-state index contributed by atoms with van der Waals surface area (Å²) in [5.41, 5.74) is 12.0. The molecule has 1 aromatic heterocycles. The van der Waals surface area contributed by atoms with E-state index >= 15 is 0 Å². The molecule has 0 atom stereocenters. The maximum Gasteiger partial charge on any atom is 0.248 e. The first-order valence-corrected chi connectivity index (χ1v) is 8.37. The summed E-state index contributed by atoms with van der Waals surface area (Å²) < 4.78 is 26.2. The van der Waals surface area contributed by atoms with E-state index in [4.69, 9.17) is 11.5 Å². The Kier molecular flexibility index (Phi) is 4.31. The second-order valence-electron chi connectivity index (χ2n) is 4.51. The van der Waals surface area contributed by atoms with Gasteiger partial charge in [-0.3, -0.25) is 4.79 Å². The normalized spacial score (nSPS) is 11.7. The number of nitrogens with zero attached hydrogens (tertiary/aromatic N) is 1. The monoisotopic (exact) mass is 325 g/mol. The number of amides is 1. The maximum atomic E-state index is 12.5. The van der Waals surface area contributed by atoms with Crippen LogP contribution in [0.4, 0.5) is 5.69 Å². The first-order chi connectivity index (χ1) is 9.82. The summed E-state index contributed by atoms with van der Waals surface area (Å²) in [6.07, 6.45) is 0. The molecule has 0 saturated heterocycles. The van der Waals surface area contributed by atoms with Gasteiger partial charge in [-0.2, -0.15) is 15.6 Å². The lowest BCUT2D eigenvalue weighted by Crippen LogP contribution is -2.27. The third-order valence-electron chi connectivity index (χ3n) is 2.97. The zero-order valence-electron chi connectivity index (χ0n) is 11.3. The van der Waals surface area contributed by atoms with Crippen molar-refractivity contribution in [1.82, 2.24) is 4.31 Å². The molecule has 0 aliphatic heterocycles. The molecule has 0 aliphatic rings. The van der Waals surface area contributed by atoms with E-state index in [0.717, 1.165) is 5.56 Å². The van der Waals surface area contributed by atoms with Gasteiger partial charge in [-0.25, -0.2) is 8.42 Å². The number of nitrogens with two attached hydrogens (primary N) is 2. The first kappa shape index (κ1) is 15.5. The number of primary amides is 1. The number of benzene rings is 1. The second-order valence-corrected chi connectivity index (χ2v) is 7.30. The predicted octanol–water partition coefficient (Wildman–Crippen LogP) is 1.25. The summed E-state index contributed by atoms with van der Waals surface area (Å²) in [6.45, 7) is 0.253. The highest BCUT2D eigenvalue weighted by Crippen LogP contribution is 2.24. The fraction of sp³-hybridized carbons (Fsp3) is 0.154. The number of sulfonamides is 1. The highest BCUT2D eigenvalue weighted by Gasteiger charge is 2.24. The standard InChI is InChI=1S/C13H15N3O3S2/c1-16(7-9-4-5-20-8-9)21(18,19)12-3-2-10(13(15)17)6-11(12)14/h2-6,8H,7,14H2,1H3,(H2,15,17). The third-order valence-corrected chi connectivity index (χ3v) is 5.58. The molecule has 2 aromatic rings. The van der Waals surface area contributed by atoms with Gasteiger partial charge in [0.15, 0.2) is 0 Å². The Bertz CT molecular complexity index is 755. The summed E-state index contributed by atoms with van der Waals surface area (Å²) in [7, 11) is -2.25. The van der Waals surface area contributed by atoms with E-state index in [2.05, 4.69) is 0 Å². The third kappa shape index (κ3) is 3.23. The summed E-state index contributed by atoms with van der Waals surface area (Å²) in [6, 6.07) is 5.78. The van der Waals surface area contributed by atoms with Gasteiger partial charge in [-0.05, 0) is 40.6 Å². The molecule has 8 heteroatoms. The molecule has 21 heavy (non-hydrogen) atoms. The molecule has 0 saturated carbocycles. The lowest BCUT2D eigenvalue weighted by molar-refractivity contribution is 0.1000. The number of carbonyl (C=O) groups excluding carboxylic acids is 1. The van der Waals surface area contributed by atoms with Crippen LogP contribution < -0.4 is 11.5 Å². The number of anilines is 1. The van der Waals surface area contributed by atoms with Gasteiger partial charge < -0.3 is 11.5 Å². The Balaban J connectivity index is 2.33. The quantitative estimate of drug-likeness (QED) is 0.807. The van der Waals surface area contributed by atoms with Crippen LogP contribution in [0, 0.1) is 0 Å². The van der Waals surface area contributed by atoms with Crippen LogP contribution in [0.15, 0.2) is 39.9 Å². The van der Waals surface area contributed by atoms with E-state index in [0.29, 0.717) is 0 Å². The SMILES string of the molecule is CN(Cc1ccsc1)S(=O)(=O)c1ccc(C(N)=O)cc1N. The van der Waals surface area contributed by atoms with Gasteiger partial charge in [0.2, 0.25) is 15.9 Å². The number of nitrogen functional groups attached to an aromatic ring is 1. The number of hydrogen-bond acceptors (Lipinski definition) is 5. The molecule has 0 spiro atoms. The highest BCUT2D eigenvalue weighted by molar-refractivity contribution is 7.89. The van der Waals surface area contributed by atoms with Crippen molar-refractivity contribution in [1.29, 1.82) is 0 Å². The molecule has 0 fully saturated rings. The topological polar surface area (TPSA) is 106 Å². The number of thiophene rings is 1. The fourth-order valence-electron chi connectivity index (χ4n) is 1.83. The number of hydrogen-bond donors (Lipinski definition) is 2. The van der Waals surface area contributed by atoms with Gasteiger partial charge in [0.25, 0.3) is 0 Å². The number of carbonyl (C=O) groups is 1. The van der Waals surface area contributed by atoms with E-state index in [1.54, 1.807) is 0 Å². The largest absolute Gasteiger partial charge is 0.398 e. The van der Waals surface area contributed by atoms with E-state index in [1.807, 2.05) is 16.8 Å². The van der Waals surface area contributed by atoms with Crippen LogP contribution in [-0.2, 0) is 16.6 Å². The Morgan fingerprint density at radius 1 is 1.33 bits per heavy atom. The smallest absolute Gasteiger partial charge is 0.248 e. The zero-order chi connectivity index (χ0) is 15.6. The molecule has 0 bridgehead atoms. The van der Waals surface area contributed by atoms with Crippen LogP contribution in [0.5, 0.6) is 0 Å². The predicted molar refractivity (Wildman–Crippen MR) is 82.3 cm³/mol.